The van der Waals surface area contributed by atoms with E-state index in [0.717, 1.165) is 33.3 Å². The van der Waals surface area contributed by atoms with Gasteiger partial charge >= 0.3 is 0 Å². The zero-order valence-electron chi connectivity index (χ0n) is 17.7. The van der Waals surface area contributed by atoms with Crippen LogP contribution in [-0.4, -0.2) is 15.7 Å². The first-order valence-corrected chi connectivity index (χ1v) is 11.2. The van der Waals surface area contributed by atoms with Crippen molar-refractivity contribution < 1.29 is 4.79 Å². The summed E-state index contributed by atoms with van der Waals surface area (Å²) in [5.74, 6) is -0.368. The number of hydrogen-bond donors (Lipinski definition) is 1. The van der Waals surface area contributed by atoms with Gasteiger partial charge in [0.1, 0.15) is 0 Å². The van der Waals surface area contributed by atoms with Crippen LogP contribution >= 0.6 is 23.2 Å². The molecule has 162 valence electrons. The molecule has 1 aromatic heterocycles. The molecule has 0 aliphatic heterocycles. The lowest BCUT2D eigenvalue weighted by molar-refractivity contribution is 0.102. The second-order valence-electron chi connectivity index (χ2n) is 7.75. The topological polar surface area (TPSA) is 46.9 Å². The van der Waals surface area contributed by atoms with Gasteiger partial charge in [-0.15, -0.1) is 0 Å². The van der Waals surface area contributed by atoms with Crippen LogP contribution < -0.4 is 5.32 Å². The maximum absolute atomic E-state index is 13.1. The lowest BCUT2D eigenvalue weighted by Crippen LogP contribution is -2.13. The Morgan fingerprint density at radius 2 is 1.64 bits per heavy atom. The molecule has 0 saturated carbocycles. The lowest BCUT2D eigenvalue weighted by atomic mass is 10.0. The Hall–Kier alpha value is -3.60. The van der Waals surface area contributed by atoms with Gasteiger partial charge in [-0.05, 0) is 53.6 Å². The van der Waals surface area contributed by atoms with Crippen molar-refractivity contribution in [2.45, 2.75) is 6.92 Å². The van der Waals surface area contributed by atoms with E-state index < -0.39 is 0 Å². The number of benzene rings is 4. The zero-order chi connectivity index (χ0) is 22.9. The Morgan fingerprint density at radius 3 is 2.48 bits per heavy atom. The molecule has 0 spiro atoms. The molecular weight excluding hydrogens is 453 g/mol. The van der Waals surface area contributed by atoms with Crippen LogP contribution in [0.5, 0.6) is 0 Å². The minimum absolute atomic E-state index is 0.274. The Labute approximate surface area is 201 Å². The maximum atomic E-state index is 13.1. The maximum Gasteiger partial charge on any atom is 0.276 e. The summed E-state index contributed by atoms with van der Waals surface area (Å²) in [5.41, 5.74) is 4.49. The number of fused-ring (bicyclic) bond motifs is 1. The zero-order valence-corrected chi connectivity index (χ0v) is 19.2. The molecule has 5 aromatic rings. The van der Waals surface area contributed by atoms with E-state index in [0.29, 0.717) is 15.7 Å². The molecule has 0 fully saturated rings. The van der Waals surface area contributed by atoms with Gasteiger partial charge in [0, 0.05) is 5.56 Å². The van der Waals surface area contributed by atoms with Gasteiger partial charge in [-0.25, -0.2) is 4.68 Å². The Kier molecular flexibility index (Phi) is 5.63. The van der Waals surface area contributed by atoms with E-state index in [2.05, 4.69) is 28.6 Å². The number of anilines is 1. The van der Waals surface area contributed by atoms with Crippen LogP contribution in [0.25, 0.3) is 27.7 Å². The van der Waals surface area contributed by atoms with Crippen molar-refractivity contribution in [1.29, 1.82) is 0 Å². The molecule has 5 rings (SSSR count). The fourth-order valence-electron chi connectivity index (χ4n) is 3.88. The number of carbonyl (C=O) groups is 1. The van der Waals surface area contributed by atoms with E-state index in [9.17, 15) is 4.79 Å². The number of carbonyl (C=O) groups excluding carboxylic acids is 1. The fourth-order valence-corrected chi connectivity index (χ4v) is 4.22. The molecule has 1 N–H and O–H groups in total. The first-order valence-electron chi connectivity index (χ1n) is 10.4. The number of hydrogen-bond acceptors (Lipinski definition) is 2. The summed E-state index contributed by atoms with van der Waals surface area (Å²) in [5, 5.41) is 10.4. The summed E-state index contributed by atoms with van der Waals surface area (Å²) in [6.07, 6.45) is 0. The van der Waals surface area contributed by atoms with Crippen molar-refractivity contribution in [3.8, 4) is 16.9 Å². The first kappa shape index (κ1) is 21.3. The number of halogens is 2. The second-order valence-corrected chi connectivity index (χ2v) is 8.53. The number of nitrogens with zero attached hydrogens (tertiary/aromatic N) is 2. The van der Waals surface area contributed by atoms with Gasteiger partial charge in [-0.3, -0.25) is 4.79 Å². The number of amides is 1. The van der Waals surface area contributed by atoms with Crippen molar-refractivity contribution in [1.82, 2.24) is 9.78 Å². The normalized spacial score (nSPS) is 11.0. The lowest BCUT2D eigenvalue weighted by Gasteiger charge is -2.10. The molecule has 4 nitrogen and oxygen atoms in total. The van der Waals surface area contributed by atoms with Gasteiger partial charge in [0.05, 0.1) is 27.1 Å². The average molecular weight is 472 g/mol. The van der Waals surface area contributed by atoms with Gasteiger partial charge in [-0.2, -0.15) is 5.10 Å². The molecule has 0 aliphatic carbocycles. The number of rotatable bonds is 4. The largest absolute Gasteiger partial charge is 0.319 e. The first-order chi connectivity index (χ1) is 16.0. The number of nitrogens with one attached hydrogen (secondary N) is 1. The van der Waals surface area contributed by atoms with Crippen molar-refractivity contribution in [2.75, 3.05) is 5.32 Å². The van der Waals surface area contributed by atoms with Crippen LogP contribution in [0.15, 0.2) is 91.0 Å². The Balaban J connectivity index is 1.65. The van der Waals surface area contributed by atoms with Gasteiger partial charge in [0.15, 0.2) is 5.69 Å². The summed E-state index contributed by atoms with van der Waals surface area (Å²) in [6.45, 7) is 2.03. The van der Waals surface area contributed by atoms with E-state index in [1.54, 1.807) is 24.3 Å². The van der Waals surface area contributed by atoms with E-state index in [1.165, 1.54) is 0 Å². The van der Waals surface area contributed by atoms with Crippen LogP contribution in [0, 0.1) is 6.92 Å². The predicted molar refractivity (Wildman–Crippen MR) is 136 cm³/mol. The third-order valence-electron chi connectivity index (χ3n) is 5.45. The van der Waals surface area contributed by atoms with Gasteiger partial charge in [0.25, 0.3) is 5.91 Å². The molecule has 0 atom stereocenters. The molecule has 1 heterocycles. The molecule has 33 heavy (non-hydrogen) atoms. The molecule has 0 aliphatic rings. The van der Waals surface area contributed by atoms with Crippen LogP contribution in [0.4, 0.5) is 5.69 Å². The van der Waals surface area contributed by atoms with E-state index >= 15 is 0 Å². The van der Waals surface area contributed by atoms with Crippen LogP contribution in [-0.2, 0) is 0 Å². The third kappa shape index (κ3) is 4.11. The minimum Gasteiger partial charge on any atom is -0.319 e. The smallest absolute Gasteiger partial charge is 0.276 e. The van der Waals surface area contributed by atoms with E-state index in [1.807, 2.05) is 60.1 Å². The molecule has 1 amide bonds. The van der Waals surface area contributed by atoms with Crippen molar-refractivity contribution in [3.05, 3.63) is 112 Å². The quantitative estimate of drug-likeness (QED) is 0.293. The predicted octanol–water partition coefficient (Wildman–Crippen LogP) is 7.56. The molecule has 0 bridgehead atoms. The van der Waals surface area contributed by atoms with Gasteiger partial charge in [0.2, 0.25) is 0 Å². The standard InChI is InChI=1S/C27H19Cl2N3O/c1-17-7-4-10-19(15-17)32-25(21-12-5-9-18-8-2-3-11-20(18)21)16-24(31-32)27(33)30-23-14-6-13-22(28)26(23)29/h2-16H,1H3,(H,30,33). The molecular formula is C27H19Cl2N3O. The number of aryl methyl sites for hydroxylation is 1. The molecule has 4 aromatic carbocycles. The highest BCUT2D eigenvalue weighted by Gasteiger charge is 2.19. The monoisotopic (exact) mass is 471 g/mol. The summed E-state index contributed by atoms with van der Waals surface area (Å²) in [7, 11) is 0. The summed E-state index contributed by atoms with van der Waals surface area (Å²) in [4.78, 5) is 13.1. The number of aromatic nitrogens is 2. The Bertz CT molecular complexity index is 1500. The summed E-state index contributed by atoms with van der Waals surface area (Å²) >= 11 is 12.4. The minimum atomic E-state index is -0.368. The Morgan fingerprint density at radius 1 is 0.879 bits per heavy atom. The third-order valence-corrected chi connectivity index (χ3v) is 6.27. The summed E-state index contributed by atoms with van der Waals surface area (Å²) in [6, 6.07) is 29.2. The fraction of sp³-hybridized carbons (Fsp3) is 0.0370. The highest BCUT2D eigenvalue weighted by Crippen LogP contribution is 2.33. The molecule has 0 saturated heterocycles. The van der Waals surface area contributed by atoms with E-state index in [4.69, 9.17) is 23.2 Å². The highest BCUT2D eigenvalue weighted by molar-refractivity contribution is 6.44. The van der Waals surface area contributed by atoms with Crippen molar-refractivity contribution in [3.63, 3.8) is 0 Å². The molecule has 6 heteroatoms. The van der Waals surface area contributed by atoms with Crippen LogP contribution in [0.2, 0.25) is 10.0 Å². The summed E-state index contributed by atoms with van der Waals surface area (Å²) < 4.78 is 1.81. The SMILES string of the molecule is Cc1cccc(-n2nc(C(=O)Nc3cccc(Cl)c3Cl)cc2-c2cccc3ccccc23)c1. The van der Waals surface area contributed by atoms with Crippen molar-refractivity contribution in [2.24, 2.45) is 0 Å². The molecule has 0 unspecified atom stereocenters. The second kappa shape index (κ2) is 8.74. The van der Waals surface area contributed by atoms with E-state index in [-0.39, 0.29) is 11.6 Å². The molecule has 0 radical (unpaired) electrons. The van der Waals surface area contributed by atoms with Crippen LogP contribution in [0.3, 0.4) is 0 Å². The highest BCUT2D eigenvalue weighted by atomic mass is 35.5. The van der Waals surface area contributed by atoms with Crippen LogP contribution in [0.1, 0.15) is 16.1 Å². The average Bonchev–Trinajstić information content (AvgIpc) is 3.27. The van der Waals surface area contributed by atoms with Gasteiger partial charge < -0.3 is 5.32 Å². The van der Waals surface area contributed by atoms with Crippen molar-refractivity contribution >= 4 is 45.6 Å². The van der Waals surface area contributed by atoms with Gasteiger partial charge in [-0.1, -0.05) is 83.9 Å².